The van der Waals surface area contributed by atoms with Gasteiger partial charge >= 0.3 is 0 Å². The second-order valence-corrected chi connectivity index (χ2v) is 6.44. The zero-order chi connectivity index (χ0) is 15.2. The number of hydrogen-bond acceptors (Lipinski definition) is 3. The molecule has 2 rings (SSSR count). The van der Waals surface area contributed by atoms with Crippen LogP contribution in [0.4, 0.5) is 5.69 Å². The number of rotatable bonds is 6. The lowest BCUT2D eigenvalue weighted by molar-refractivity contribution is 0.192. The summed E-state index contributed by atoms with van der Waals surface area (Å²) in [6.45, 7) is 14.6. The molecule has 3 heteroatoms. The summed E-state index contributed by atoms with van der Waals surface area (Å²) >= 11 is 0. The van der Waals surface area contributed by atoms with Crippen LogP contribution in [-0.2, 0) is 6.54 Å². The molecule has 0 spiro atoms. The Labute approximate surface area is 130 Å². The molecule has 0 radical (unpaired) electrons. The Bertz CT molecular complexity index is 422. The minimum atomic E-state index is 0.528. The summed E-state index contributed by atoms with van der Waals surface area (Å²) in [4.78, 5) is 5.17. The predicted octanol–water partition coefficient (Wildman–Crippen LogP) is 3.11. The molecular formula is C18H31N3. The molecule has 1 aliphatic heterocycles. The summed E-state index contributed by atoms with van der Waals surface area (Å²) in [5.41, 5.74) is 2.83. The summed E-state index contributed by atoms with van der Waals surface area (Å²) in [5, 5.41) is 3.54. The predicted molar refractivity (Wildman–Crippen MR) is 92.0 cm³/mol. The van der Waals surface area contributed by atoms with Crippen LogP contribution in [0.3, 0.4) is 0 Å². The molecule has 1 aromatic carbocycles. The third kappa shape index (κ3) is 4.45. The van der Waals surface area contributed by atoms with Crippen molar-refractivity contribution in [2.24, 2.45) is 0 Å². The molecule has 0 saturated carbocycles. The maximum absolute atomic E-state index is 3.54. The molecule has 1 saturated heterocycles. The molecule has 1 N–H and O–H groups in total. The Morgan fingerprint density at radius 3 is 2.33 bits per heavy atom. The number of nitrogens with one attached hydrogen (secondary N) is 1. The molecule has 118 valence electrons. The molecule has 3 nitrogen and oxygen atoms in total. The van der Waals surface area contributed by atoms with E-state index in [4.69, 9.17) is 0 Å². The zero-order valence-electron chi connectivity index (χ0n) is 14.1. The monoisotopic (exact) mass is 289 g/mol. The number of piperazine rings is 1. The summed E-state index contributed by atoms with van der Waals surface area (Å²) in [6, 6.07) is 10.1. The second kappa shape index (κ2) is 7.81. The van der Waals surface area contributed by atoms with E-state index in [1.807, 2.05) is 0 Å². The Balaban J connectivity index is 1.99. The first-order valence-corrected chi connectivity index (χ1v) is 8.42. The van der Waals surface area contributed by atoms with Crippen LogP contribution < -0.4 is 10.2 Å². The van der Waals surface area contributed by atoms with Gasteiger partial charge in [0.15, 0.2) is 0 Å². The van der Waals surface area contributed by atoms with Crippen LogP contribution in [-0.4, -0.2) is 43.2 Å². The highest BCUT2D eigenvalue weighted by Crippen LogP contribution is 2.22. The van der Waals surface area contributed by atoms with Gasteiger partial charge in [0, 0.05) is 50.5 Å². The van der Waals surface area contributed by atoms with Crippen molar-refractivity contribution in [2.45, 2.75) is 52.7 Å². The topological polar surface area (TPSA) is 18.5 Å². The van der Waals surface area contributed by atoms with Gasteiger partial charge in [-0.2, -0.15) is 0 Å². The van der Waals surface area contributed by atoms with E-state index in [-0.39, 0.29) is 0 Å². The summed E-state index contributed by atoms with van der Waals surface area (Å²) < 4.78 is 0. The average Bonchev–Trinajstić information content (AvgIpc) is 2.52. The van der Waals surface area contributed by atoms with Gasteiger partial charge in [0.2, 0.25) is 0 Å². The lowest BCUT2D eigenvalue weighted by atomic mass is 10.1. The smallest absolute Gasteiger partial charge is 0.0412 e. The highest BCUT2D eigenvalue weighted by molar-refractivity contribution is 5.54. The summed E-state index contributed by atoms with van der Waals surface area (Å²) in [5.74, 6) is 0. The summed E-state index contributed by atoms with van der Waals surface area (Å²) in [6.07, 6.45) is 1.24. The Morgan fingerprint density at radius 1 is 1.05 bits per heavy atom. The molecule has 21 heavy (non-hydrogen) atoms. The van der Waals surface area contributed by atoms with Gasteiger partial charge in [-0.25, -0.2) is 0 Å². The van der Waals surface area contributed by atoms with Crippen molar-refractivity contribution in [1.29, 1.82) is 0 Å². The third-order valence-electron chi connectivity index (χ3n) is 4.56. The molecule has 0 bridgehead atoms. The minimum Gasteiger partial charge on any atom is -0.369 e. The van der Waals surface area contributed by atoms with Gasteiger partial charge in [-0.05, 0) is 25.0 Å². The first-order chi connectivity index (χ1) is 10.1. The van der Waals surface area contributed by atoms with Gasteiger partial charge in [-0.3, -0.25) is 4.90 Å². The fourth-order valence-electron chi connectivity index (χ4n) is 2.94. The van der Waals surface area contributed by atoms with E-state index in [0.717, 1.165) is 19.6 Å². The SMILES string of the molecule is CCC(C)N1CCN(c2ccccc2CNC(C)C)CC1. The molecule has 0 aromatic heterocycles. The maximum atomic E-state index is 3.54. The van der Waals surface area contributed by atoms with Gasteiger partial charge in [0.1, 0.15) is 0 Å². The van der Waals surface area contributed by atoms with Crippen LogP contribution in [0.2, 0.25) is 0 Å². The van der Waals surface area contributed by atoms with Gasteiger partial charge in [0.05, 0.1) is 0 Å². The number of nitrogens with zero attached hydrogens (tertiary/aromatic N) is 2. The van der Waals surface area contributed by atoms with Crippen LogP contribution in [0, 0.1) is 0 Å². The summed E-state index contributed by atoms with van der Waals surface area (Å²) in [7, 11) is 0. The molecule has 0 aliphatic carbocycles. The minimum absolute atomic E-state index is 0.528. The first kappa shape index (κ1) is 16.3. The quantitative estimate of drug-likeness (QED) is 0.868. The maximum Gasteiger partial charge on any atom is 0.0412 e. The van der Waals surface area contributed by atoms with Gasteiger partial charge in [-0.15, -0.1) is 0 Å². The normalized spacial score (nSPS) is 18.2. The Hall–Kier alpha value is -1.06. The first-order valence-electron chi connectivity index (χ1n) is 8.42. The van der Waals surface area contributed by atoms with E-state index in [2.05, 4.69) is 67.1 Å². The van der Waals surface area contributed by atoms with Gasteiger partial charge in [-0.1, -0.05) is 39.0 Å². The van der Waals surface area contributed by atoms with E-state index < -0.39 is 0 Å². The molecule has 1 unspecified atom stereocenters. The number of hydrogen-bond donors (Lipinski definition) is 1. The van der Waals surface area contributed by atoms with Crippen LogP contribution in [0.15, 0.2) is 24.3 Å². The fraction of sp³-hybridized carbons (Fsp3) is 0.667. The Kier molecular flexibility index (Phi) is 6.07. The van der Waals surface area contributed by atoms with Crippen LogP contribution in [0.25, 0.3) is 0 Å². The molecule has 1 fully saturated rings. The molecule has 1 atom stereocenters. The van der Waals surface area contributed by atoms with E-state index >= 15 is 0 Å². The standard InChI is InChI=1S/C18H31N3/c1-5-16(4)20-10-12-21(13-11-20)18-9-7-6-8-17(18)14-19-15(2)3/h6-9,15-16,19H,5,10-14H2,1-4H3. The zero-order valence-corrected chi connectivity index (χ0v) is 14.1. The van der Waals surface area contributed by atoms with E-state index in [0.29, 0.717) is 12.1 Å². The number of para-hydroxylation sites is 1. The van der Waals surface area contributed by atoms with Crippen molar-refractivity contribution in [2.75, 3.05) is 31.1 Å². The van der Waals surface area contributed by atoms with Gasteiger partial charge in [0.25, 0.3) is 0 Å². The van der Waals surface area contributed by atoms with Crippen LogP contribution in [0.5, 0.6) is 0 Å². The van der Waals surface area contributed by atoms with Gasteiger partial charge < -0.3 is 10.2 Å². The fourth-order valence-corrected chi connectivity index (χ4v) is 2.94. The molecular weight excluding hydrogens is 258 g/mol. The highest BCUT2D eigenvalue weighted by atomic mass is 15.3. The molecule has 1 heterocycles. The average molecular weight is 289 g/mol. The van der Waals surface area contributed by atoms with Crippen molar-refractivity contribution in [3.05, 3.63) is 29.8 Å². The lowest BCUT2D eigenvalue weighted by Gasteiger charge is -2.39. The Morgan fingerprint density at radius 2 is 1.71 bits per heavy atom. The van der Waals surface area contributed by atoms with Crippen molar-refractivity contribution in [3.8, 4) is 0 Å². The van der Waals surface area contributed by atoms with E-state index in [1.165, 1.54) is 30.8 Å². The van der Waals surface area contributed by atoms with Crippen molar-refractivity contribution in [3.63, 3.8) is 0 Å². The lowest BCUT2D eigenvalue weighted by Crippen LogP contribution is -2.49. The largest absolute Gasteiger partial charge is 0.369 e. The van der Waals surface area contributed by atoms with E-state index in [9.17, 15) is 0 Å². The number of anilines is 1. The van der Waals surface area contributed by atoms with Crippen molar-refractivity contribution in [1.82, 2.24) is 10.2 Å². The van der Waals surface area contributed by atoms with Crippen LogP contribution in [0.1, 0.15) is 39.7 Å². The van der Waals surface area contributed by atoms with E-state index in [1.54, 1.807) is 0 Å². The molecule has 0 amide bonds. The van der Waals surface area contributed by atoms with Crippen molar-refractivity contribution >= 4 is 5.69 Å². The molecule has 1 aromatic rings. The highest BCUT2D eigenvalue weighted by Gasteiger charge is 2.21. The number of benzene rings is 1. The third-order valence-corrected chi connectivity index (χ3v) is 4.56. The van der Waals surface area contributed by atoms with Crippen molar-refractivity contribution < 1.29 is 0 Å². The molecule has 1 aliphatic rings. The van der Waals surface area contributed by atoms with Crippen LogP contribution >= 0.6 is 0 Å². The second-order valence-electron chi connectivity index (χ2n) is 6.44.